The maximum atomic E-state index is 12.8. The molecule has 1 aliphatic heterocycles. The Kier molecular flexibility index (Phi) is 3.19. The highest BCUT2D eigenvalue weighted by Gasteiger charge is 2.21. The first kappa shape index (κ1) is 11.1. The van der Waals surface area contributed by atoms with Gasteiger partial charge in [0.15, 0.2) is 0 Å². The fourth-order valence-electron chi connectivity index (χ4n) is 1.94. The second-order valence-electron chi connectivity index (χ2n) is 4.05. The number of nitrogens with one attached hydrogen (secondary N) is 1. The number of hydrogen-bond donors (Lipinski definition) is 1. The van der Waals surface area contributed by atoms with E-state index in [1.54, 1.807) is 12.1 Å². The van der Waals surface area contributed by atoms with E-state index in [2.05, 4.69) is 10.2 Å². The van der Waals surface area contributed by atoms with Crippen molar-refractivity contribution in [3.63, 3.8) is 0 Å². The van der Waals surface area contributed by atoms with Crippen molar-refractivity contribution < 1.29 is 9.18 Å². The third-order valence-electron chi connectivity index (χ3n) is 2.97. The third kappa shape index (κ3) is 2.39. The summed E-state index contributed by atoms with van der Waals surface area (Å²) in [6, 6.07) is 6.59. The molecule has 1 aromatic carbocycles. The minimum absolute atomic E-state index is 0.0558. The minimum Gasteiger partial charge on any atom is -0.354 e. The van der Waals surface area contributed by atoms with Gasteiger partial charge in [0.1, 0.15) is 5.82 Å². The summed E-state index contributed by atoms with van der Waals surface area (Å²) < 4.78 is 12.8. The summed E-state index contributed by atoms with van der Waals surface area (Å²) in [4.78, 5) is 13.3. The van der Waals surface area contributed by atoms with Crippen LogP contribution in [0.3, 0.4) is 0 Å². The molecule has 1 N–H and O–H groups in total. The van der Waals surface area contributed by atoms with Gasteiger partial charge in [0.05, 0.1) is 6.54 Å². The van der Waals surface area contributed by atoms with E-state index in [1.165, 1.54) is 12.1 Å². The summed E-state index contributed by atoms with van der Waals surface area (Å²) in [5.74, 6) is -0.174. The first-order valence-corrected chi connectivity index (χ1v) is 5.43. The van der Waals surface area contributed by atoms with E-state index in [0.717, 1.165) is 12.1 Å². The highest BCUT2D eigenvalue weighted by molar-refractivity contribution is 5.78. The van der Waals surface area contributed by atoms with Crippen LogP contribution in [-0.2, 0) is 4.79 Å². The molecule has 0 aliphatic carbocycles. The van der Waals surface area contributed by atoms with Crippen molar-refractivity contribution in [2.24, 2.45) is 0 Å². The lowest BCUT2D eigenvalue weighted by Crippen LogP contribution is -2.48. The van der Waals surface area contributed by atoms with Crippen LogP contribution in [-0.4, -0.2) is 30.4 Å². The molecule has 1 aliphatic rings. The van der Waals surface area contributed by atoms with Crippen LogP contribution in [0.1, 0.15) is 18.5 Å². The second-order valence-corrected chi connectivity index (χ2v) is 4.05. The average Bonchev–Trinajstić information content (AvgIpc) is 2.29. The van der Waals surface area contributed by atoms with Crippen molar-refractivity contribution in [2.75, 3.05) is 19.6 Å². The highest BCUT2D eigenvalue weighted by Crippen LogP contribution is 2.20. The Hall–Kier alpha value is -1.42. The van der Waals surface area contributed by atoms with Crippen LogP contribution in [0.25, 0.3) is 0 Å². The molecule has 2 rings (SSSR count). The number of carbonyl (C=O) groups is 1. The number of carbonyl (C=O) groups excluding carboxylic acids is 1. The van der Waals surface area contributed by atoms with Gasteiger partial charge in [-0.1, -0.05) is 12.1 Å². The summed E-state index contributed by atoms with van der Waals surface area (Å²) >= 11 is 0. The maximum Gasteiger partial charge on any atom is 0.234 e. The van der Waals surface area contributed by atoms with Gasteiger partial charge in [-0.3, -0.25) is 9.69 Å². The Labute approximate surface area is 94.3 Å². The van der Waals surface area contributed by atoms with Crippen molar-refractivity contribution in [3.8, 4) is 0 Å². The lowest BCUT2D eigenvalue weighted by atomic mass is 10.1. The molecule has 0 spiro atoms. The molecule has 0 unspecified atom stereocenters. The van der Waals surface area contributed by atoms with E-state index >= 15 is 0 Å². The van der Waals surface area contributed by atoms with Crippen LogP contribution >= 0.6 is 0 Å². The van der Waals surface area contributed by atoms with Crippen LogP contribution in [0.2, 0.25) is 0 Å². The Morgan fingerprint density at radius 2 is 2.06 bits per heavy atom. The minimum atomic E-state index is -0.229. The molecule has 4 heteroatoms. The molecule has 0 radical (unpaired) electrons. The second kappa shape index (κ2) is 4.61. The molecule has 1 amide bonds. The summed E-state index contributed by atoms with van der Waals surface area (Å²) in [6.45, 7) is 3.97. The monoisotopic (exact) mass is 222 g/mol. The van der Waals surface area contributed by atoms with Crippen LogP contribution in [0, 0.1) is 5.82 Å². The summed E-state index contributed by atoms with van der Waals surface area (Å²) in [6.07, 6.45) is 0. The highest BCUT2D eigenvalue weighted by atomic mass is 19.1. The fraction of sp³-hybridized carbons (Fsp3) is 0.417. The number of halogens is 1. The molecule has 3 nitrogen and oxygen atoms in total. The Morgan fingerprint density at radius 1 is 1.38 bits per heavy atom. The van der Waals surface area contributed by atoms with Crippen molar-refractivity contribution in [1.82, 2.24) is 10.2 Å². The zero-order valence-electron chi connectivity index (χ0n) is 9.24. The molecule has 0 saturated carbocycles. The van der Waals surface area contributed by atoms with E-state index in [0.29, 0.717) is 13.1 Å². The zero-order valence-corrected chi connectivity index (χ0v) is 9.24. The van der Waals surface area contributed by atoms with Crippen LogP contribution < -0.4 is 5.32 Å². The van der Waals surface area contributed by atoms with Crippen molar-refractivity contribution >= 4 is 5.91 Å². The first-order chi connectivity index (χ1) is 7.66. The van der Waals surface area contributed by atoms with E-state index in [9.17, 15) is 9.18 Å². The molecule has 1 atom stereocenters. The number of hydrogen-bond acceptors (Lipinski definition) is 2. The Morgan fingerprint density at radius 3 is 2.69 bits per heavy atom. The predicted octanol–water partition coefficient (Wildman–Crippen LogP) is 1.32. The number of benzene rings is 1. The summed E-state index contributed by atoms with van der Waals surface area (Å²) in [5.41, 5.74) is 1.04. The van der Waals surface area contributed by atoms with Gasteiger partial charge < -0.3 is 5.32 Å². The lowest BCUT2D eigenvalue weighted by molar-refractivity contribution is -0.124. The SMILES string of the molecule is C[C@@H](c1ccc(F)cc1)N1CCNC(=O)C1. The van der Waals surface area contributed by atoms with E-state index < -0.39 is 0 Å². The van der Waals surface area contributed by atoms with Gasteiger partial charge in [-0.15, -0.1) is 0 Å². The van der Waals surface area contributed by atoms with Gasteiger partial charge in [-0.2, -0.15) is 0 Å². The van der Waals surface area contributed by atoms with Gasteiger partial charge in [-0.25, -0.2) is 4.39 Å². The Balaban J connectivity index is 2.08. The number of piperazine rings is 1. The molecule has 1 fully saturated rings. The molecule has 16 heavy (non-hydrogen) atoms. The van der Waals surface area contributed by atoms with Crippen LogP contribution in [0.15, 0.2) is 24.3 Å². The van der Waals surface area contributed by atoms with Crippen molar-refractivity contribution in [1.29, 1.82) is 0 Å². The number of amides is 1. The molecular formula is C12H15FN2O. The van der Waals surface area contributed by atoms with Gasteiger partial charge in [0.25, 0.3) is 0 Å². The average molecular weight is 222 g/mol. The molecule has 1 aromatic rings. The quantitative estimate of drug-likeness (QED) is 0.818. The van der Waals surface area contributed by atoms with Gasteiger partial charge >= 0.3 is 0 Å². The summed E-state index contributed by atoms with van der Waals surface area (Å²) in [5, 5.41) is 2.79. The normalized spacial score (nSPS) is 19.2. The van der Waals surface area contributed by atoms with Gasteiger partial charge in [0.2, 0.25) is 5.91 Å². The molecule has 86 valence electrons. The number of rotatable bonds is 2. The molecule has 0 bridgehead atoms. The molecule has 0 aromatic heterocycles. The van der Waals surface area contributed by atoms with E-state index in [1.807, 2.05) is 6.92 Å². The first-order valence-electron chi connectivity index (χ1n) is 5.43. The van der Waals surface area contributed by atoms with Crippen molar-refractivity contribution in [2.45, 2.75) is 13.0 Å². The zero-order chi connectivity index (χ0) is 11.5. The predicted molar refractivity (Wildman–Crippen MR) is 59.4 cm³/mol. The maximum absolute atomic E-state index is 12.8. The standard InChI is InChI=1S/C12H15FN2O/c1-9(10-2-4-11(13)5-3-10)15-7-6-14-12(16)8-15/h2-5,9H,6-8H2,1H3,(H,14,16)/t9-/m0/s1. The smallest absolute Gasteiger partial charge is 0.234 e. The topological polar surface area (TPSA) is 32.3 Å². The molecular weight excluding hydrogens is 207 g/mol. The lowest BCUT2D eigenvalue weighted by Gasteiger charge is -2.32. The van der Waals surface area contributed by atoms with Crippen LogP contribution in [0.5, 0.6) is 0 Å². The molecule has 1 heterocycles. The third-order valence-corrected chi connectivity index (χ3v) is 2.97. The van der Waals surface area contributed by atoms with Gasteiger partial charge in [-0.05, 0) is 24.6 Å². The van der Waals surface area contributed by atoms with Crippen LogP contribution in [0.4, 0.5) is 4.39 Å². The van der Waals surface area contributed by atoms with Crippen molar-refractivity contribution in [3.05, 3.63) is 35.6 Å². The van der Waals surface area contributed by atoms with E-state index in [4.69, 9.17) is 0 Å². The fourth-order valence-corrected chi connectivity index (χ4v) is 1.94. The molecule has 1 saturated heterocycles. The van der Waals surface area contributed by atoms with E-state index in [-0.39, 0.29) is 17.8 Å². The Bertz CT molecular complexity index is 377. The number of nitrogens with zero attached hydrogens (tertiary/aromatic N) is 1. The van der Waals surface area contributed by atoms with Gasteiger partial charge in [0, 0.05) is 19.1 Å². The summed E-state index contributed by atoms with van der Waals surface area (Å²) in [7, 11) is 0. The largest absolute Gasteiger partial charge is 0.354 e.